The molecule has 0 spiro atoms. The van der Waals surface area contributed by atoms with Crippen LogP contribution in [0.4, 0.5) is 0 Å². The Hall–Kier alpha value is -0.520. The van der Waals surface area contributed by atoms with E-state index in [1.807, 2.05) is 0 Å². The molecule has 0 bridgehead atoms. The summed E-state index contributed by atoms with van der Waals surface area (Å²) < 4.78 is 25.1. The molecule has 1 aliphatic rings. The minimum atomic E-state index is -3.03. The predicted octanol–water partition coefficient (Wildman–Crippen LogP) is 2.04. The Morgan fingerprint density at radius 2 is 2.12 bits per heavy atom. The molecule has 1 fully saturated rings. The number of nitrogens with zero attached hydrogens (tertiary/aromatic N) is 2. The maximum atomic E-state index is 11.8. The molecule has 1 aliphatic heterocycles. The highest BCUT2D eigenvalue weighted by Crippen LogP contribution is 2.21. The van der Waals surface area contributed by atoms with Gasteiger partial charge in [0.15, 0.2) is 5.96 Å². The summed E-state index contributed by atoms with van der Waals surface area (Å²) in [6, 6.07) is 6.40. The first-order valence-corrected chi connectivity index (χ1v) is 10.9. The van der Waals surface area contributed by atoms with Gasteiger partial charge in [0.05, 0.1) is 5.75 Å². The van der Waals surface area contributed by atoms with Crippen molar-refractivity contribution in [1.29, 1.82) is 0 Å². The maximum Gasteiger partial charge on any atom is 0.214 e. The first kappa shape index (κ1) is 22.5. The highest BCUT2D eigenvalue weighted by molar-refractivity contribution is 14.0. The fraction of sp³-hybridized carbons (Fsp3) is 0.562. The molecule has 0 saturated carbocycles. The Bertz CT molecular complexity index is 695. The molecule has 1 aromatic carbocycles. The van der Waals surface area contributed by atoms with Crippen LogP contribution < -0.4 is 10.6 Å². The molecular weight excluding hydrogens is 471 g/mol. The molecule has 0 atom stereocenters. The predicted molar refractivity (Wildman–Crippen MR) is 117 cm³/mol. The number of aryl methyl sites for hydroxylation is 1. The maximum absolute atomic E-state index is 11.8. The summed E-state index contributed by atoms with van der Waals surface area (Å²) in [5.41, 5.74) is 2.47. The molecule has 0 amide bonds. The number of rotatable bonds is 6. The quantitative estimate of drug-likeness (QED) is 0.272. The van der Waals surface area contributed by atoms with E-state index in [-0.39, 0.29) is 29.7 Å². The fourth-order valence-corrected chi connectivity index (χ4v) is 4.87. The highest BCUT2D eigenvalue weighted by Gasteiger charge is 2.27. The first-order valence-electron chi connectivity index (χ1n) is 8.02. The Labute approximate surface area is 172 Å². The van der Waals surface area contributed by atoms with E-state index in [9.17, 15) is 8.42 Å². The molecule has 0 unspecified atom stereocenters. The SMILES string of the molecule is CN=C(NCCN1CCCS1(=O)=O)NCc1ccc(C)cc1SC.I. The van der Waals surface area contributed by atoms with E-state index in [2.05, 4.69) is 47.0 Å². The normalized spacial score (nSPS) is 17.2. The van der Waals surface area contributed by atoms with Crippen LogP contribution >= 0.6 is 35.7 Å². The smallest absolute Gasteiger partial charge is 0.214 e. The molecule has 0 aromatic heterocycles. The summed E-state index contributed by atoms with van der Waals surface area (Å²) in [4.78, 5) is 5.45. The summed E-state index contributed by atoms with van der Waals surface area (Å²) in [5, 5.41) is 6.46. The van der Waals surface area contributed by atoms with Gasteiger partial charge < -0.3 is 10.6 Å². The standard InChI is InChI=1S/C16H26N4O2S2.HI/c1-13-5-6-14(15(11-13)23-3)12-19-16(17-2)18-7-9-20-8-4-10-24(20,21)22;/h5-6,11H,4,7-10,12H2,1-3H3,(H2,17,18,19);1H. The van der Waals surface area contributed by atoms with Gasteiger partial charge in [-0.05, 0) is 36.8 Å². The van der Waals surface area contributed by atoms with E-state index < -0.39 is 10.0 Å². The molecule has 6 nitrogen and oxygen atoms in total. The summed E-state index contributed by atoms with van der Waals surface area (Å²) in [6.07, 6.45) is 2.79. The molecule has 0 aliphatic carbocycles. The number of hydrogen-bond donors (Lipinski definition) is 2. The number of guanidine groups is 1. The van der Waals surface area contributed by atoms with Gasteiger partial charge in [0.25, 0.3) is 0 Å². The van der Waals surface area contributed by atoms with E-state index in [1.165, 1.54) is 16.0 Å². The Balaban J connectivity index is 0.00000312. The van der Waals surface area contributed by atoms with Crippen LogP contribution in [0.5, 0.6) is 0 Å². The van der Waals surface area contributed by atoms with Gasteiger partial charge in [-0.15, -0.1) is 35.7 Å². The van der Waals surface area contributed by atoms with Crippen LogP contribution in [-0.2, 0) is 16.6 Å². The van der Waals surface area contributed by atoms with Crippen molar-refractivity contribution in [3.05, 3.63) is 29.3 Å². The molecule has 2 rings (SSSR count). The van der Waals surface area contributed by atoms with Gasteiger partial charge in [-0.25, -0.2) is 12.7 Å². The molecule has 1 aromatic rings. The van der Waals surface area contributed by atoms with Gasteiger partial charge in [-0.3, -0.25) is 4.99 Å². The highest BCUT2D eigenvalue weighted by atomic mass is 127. The minimum Gasteiger partial charge on any atom is -0.355 e. The van der Waals surface area contributed by atoms with Crippen molar-refractivity contribution >= 4 is 51.7 Å². The van der Waals surface area contributed by atoms with Crippen LogP contribution in [0.3, 0.4) is 0 Å². The van der Waals surface area contributed by atoms with Crippen LogP contribution in [0, 0.1) is 6.92 Å². The Morgan fingerprint density at radius 1 is 1.36 bits per heavy atom. The summed E-state index contributed by atoms with van der Waals surface area (Å²) in [7, 11) is -1.31. The van der Waals surface area contributed by atoms with Crippen LogP contribution in [-0.4, -0.2) is 57.4 Å². The number of thioether (sulfide) groups is 1. The molecule has 0 radical (unpaired) electrons. The Kier molecular flexibility index (Phi) is 9.54. The topological polar surface area (TPSA) is 73.8 Å². The monoisotopic (exact) mass is 498 g/mol. The van der Waals surface area contributed by atoms with E-state index >= 15 is 0 Å². The lowest BCUT2D eigenvalue weighted by atomic mass is 10.1. The summed E-state index contributed by atoms with van der Waals surface area (Å²) in [6.45, 7) is 4.41. The third-order valence-corrected chi connectivity index (χ3v) is 6.75. The third-order valence-electron chi connectivity index (χ3n) is 3.97. The van der Waals surface area contributed by atoms with Gasteiger partial charge in [0, 0.05) is 38.1 Å². The van der Waals surface area contributed by atoms with Crippen molar-refractivity contribution < 1.29 is 8.42 Å². The molecule has 1 saturated heterocycles. The van der Waals surface area contributed by atoms with Crippen molar-refractivity contribution in [3.63, 3.8) is 0 Å². The van der Waals surface area contributed by atoms with Crippen molar-refractivity contribution in [2.75, 3.05) is 38.7 Å². The third kappa shape index (κ3) is 6.61. The molecule has 1 heterocycles. The lowest BCUT2D eigenvalue weighted by Gasteiger charge is -2.17. The van der Waals surface area contributed by atoms with Gasteiger partial charge in [-0.2, -0.15) is 0 Å². The second-order valence-corrected chi connectivity index (χ2v) is 8.67. The second-order valence-electron chi connectivity index (χ2n) is 5.74. The number of sulfonamides is 1. The zero-order valence-corrected chi connectivity index (χ0v) is 18.9. The summed E-state index contributed by atoms with van der Waals surface area (Å²) in [5.74, 6) is 0.949. The van der Waals surface area contributed by atoms with Gasteiger partial charge in [-0.1, -0.05) is 12.1 Å². The molecule has 2 N–H and O–H groups in total. The zero-order chi connectivity index (χ0) is 17.6. The van der Waals surface area contributed by atoms with E-state index in [4.69, 9.17) is 0 Å². The minimum absolute atomic E-state index is 0. The van der Waals surface area contributed by atoms with Crippen LogP contribution in [0.2, 0.25) is 0 Å². The van der Waals surface area contributed by atoms with Crippen molar-refractivity contribution in [1.82, 2.24) is 14.9 Å². The number of benzene rings is 1. The van der Waals surface area contributed by atoms with Gasteiger partial charge in [0.2, 0.25) is 10.0 Å². The van der Waals surface area contributed by atoms with Crippen LogP contribution in [0.15, 0.2) is 28.1 Å². The van der Waals surface area contributed by atoms with E-state index in [0.717, 1.165) is 6.42 Å². The average molecular weight is 498 g/mol. The van der Waals surface area contributed by atoms with Crippen molar-refractivity contribution in [2.24, 2.45) is 4.99 Å². The van der Waals surface area contributed by atoms with Crippen LogP contribution in [0.25, 0.3) is 0 Å². The van der Waals surface area contributed by atoms with E-state index in [1.54, 1.807) is 23.1 Å². The average Bonchev–Trinajstić information content (AvgIpc) is 2.90. The molecule has 25 heavy (non-hydrogen) atoms. The van der Waals surface area contributed by atoms with Gasteiger partial charge >= 0.3 is 0 Å². The fourth-order valence-electron chi connectivity index (χ4n) is 2.64. The lowest BCUT2D eigenvalue weighted by molar-refractivity contribution is 0.445. The molecule has 142 valence electrons. The number of nitrogens with one attached hydrogen (secondary N) is 2. The zero-order valence-electron chi connectivity index (χ0n) is 14.9. The van der Waals surface area contributed by atoms with Crippen LogP contribution in [0.1, 0.15) is 17.5 Å². The molecule has 9 heteroatoms. The second kappa shape index (κ2) is 10.6. The Morgan fingerprint density at radius 3 is 2.72 bits per heavy atom. The van der Waals surface area contributed by atoms with Crippen molar-refractivity contribution in [2.45, 2.75) is 24.8 Å². The first-order chi connectivity index (χ1) is 11.5. The lowest BCUT2D eigenvalue weighted by Crippen LogP contribution is -2.41. The summed E-state index contributed by atoms with van der Waals surface area (Å²) >= 11 is 1.73. The number of halogens is 1. The molecular formula is C16H27IN4O2S2. The number of hydrogen-bond acceptors (Lipinski definition) is 4. The number of aliphatic imine (C=N–C) groups is 1. The largest absolute Gasteiger partial charge is 0.355 e. The van der Waals surface area contributed by atoms with Gasteiger partial charge in [0.1, 0.15) is 0 Å². The van der Waals surface area contributed by atoms with Crippen molar-refractivity contribution in [3.8, 4) is 0 Å². The van der Waals surface area contributed by atoms with E-state index in [0.29, 0.717) is 32.1 Å².